The van der Waals surface area contributed by atoms with Crippen LogP contribution in [0.1, 0.15) is 54.4 Å². The topological polar surface area (TPSA) is 24.1 Å². The standard InChI is InChI=1S/C17H36N2/c1-12-13(2)16(9-11-19-17(4,5)6)14(3)15(12)8-10-18-7/h12-16,18-19H,8-11H2,1-7H3. The Hall–Kier alpha value is -0.0800. The molecule has 1 saturated carbocycles. The number of rotatable bonds is 6. The van der Waals surface area contributed by atoms with Crippen LogP contribution in [0, 0.1) is 29.6 Å². The Labute approximate surface area is 121 Å². The van der Waals surface area contributed by atoms with Gasteiger partial charge in [-0.25, -0.2) is 0 Å². The highest BCUT2D eigenvalue weighted by atomic mass is 14.9. The van der Waals surface area contributed by atoms with Crippen molar-refractivity contribution in [1.29, 1.82) is 0 Å². The van der Waals surface area contributed by atoms with Gasteiger partial charge in [0.2, 0.25) is 0 Å². The molecular formula is C17H36N2. The fourth-order valence-electron chi connectivity index (χ4n) is 4.03. The van der Waals surface area contributed by atoms with Crippen LogP contribution < -0.4 is 10.6 Å². The minimum atomic E-state index is 0.252. The summed E-state index contributed by atoms with van der Waals surface area (Å²) in [6.07, 6.45) is 2.67. The molecule has 0 bridgehead atoms. The Morgan fingerprint density at radius 2 is 1.26 bits per heavy atom. The van der Waals surface area contributed by atoms with Gasteiger partial charge in [0, 0.05) is 5.54 Å². The Morgan fingerprint density at radius 1 is 0.789 bits per heavy atom. The van der Waals surface area contributed by atoms with Crippen LogP contribution in [0.25, 0.3) is 0 Å². The van der Waals surface area contributed by atoms with E-state index in [1.807, 2.05) is 0 Å². The molecule has 5 atom stereocenters. The maximum absolute atomic E-state index is 3.65. The van der Waals surface area contributed by atoms with Gasteiger partial charge in [0.25, 0.3) is 0 Å². The van der Waals surface area contributed by atoms with Gasteiger partial charge in [0.1, 0.15) is 0 Å². The first kappa shape index (κ1) is 17.0. The Balaban J connectivity index is 2.49. The molecule has 0 aliphatic heterocycles. The number of nitrogens with one attached hydrogen (secondary N) is 2. The van der Waals surface area contributed by atoms with E-state index in [9.17, 15) is 0 Å². The van der Waals surface area contributed by atoms with Crippen LogP contribution in [0.5, 0.6) is 0 Å². The predicted octanol–water partition coefficient (Wildman–Crippen LogP) is 3.53. The number of hydrogen-bond donors (Lipinski definition) is 2. The summed E-state index contributed by atoms with van der Waals surface area (Å²) in [5.74, 6) is 4.43. The summed E-state index contributed by atoms with van der Waals surface area (Å²) >= 11 is 0. The fraction of sp³-hybridized carbons (Fsp3) is 1.00. The van der Waals surface area contributed by atoms with E-state index in [-0.39, 0.29) is 5.54 Å². The molecular weight excluding hydrogens is 232 g/mol. The molecule has 0 aromatic carbocycles. The zero-order valence-corrected chi connectivity index (χ0v) is 14.2. The average molecular weight is 268 g/mol. The van der Waals surface area contributed by atoms with Crippen molar-refractivity contribution in [2.24, 2.45) is 29.6 Å². The van der Waals surface area contributed by atoms with Crippen LogP contribution in [0.3, 0.4) is 0 Å². The lowest BCUT2D eigenvalue weighted by Gasteiger charge is -2.26. The molecule has 0 aromatic rings. The molecule has 2 N–H and O–H groups in total. The Bertz CT molecular complexity index is 256. The first-order chi connectivity index (χ1) is 8.78. The van der Waals surface area contributed by atoms with Gasteiger partial charge in [-0.1, -0.05) is 20.8 Å². The molecule has 1 aliphatic carbocycles. The van der Waals surface area contributed by atoms with Crippen molar-refractivity contribution in [3.63, 3.8) is 0 Å². The van der Waals surface area contributed by atoms with Crippen LogP contribution in [-0.2, 0) is 0 Å². The van der Waals surface area contributed by atoms with E-state index in [1.165, 1.54) is 19.4 Å². The molecule has 0 aromatic heterocycles. The van der Waals surface area contributed by atoms with Crippen molar-refractivity contribution in [3.05, 3.63) is 0 Å². The van der Waals surface area contributed by atoms with Gasteiger partial charge >= 0.3 is 0 Å². The van der Waals surface area contributed by atoms with Crippen LogP contribution >= 0.6 is 0 Å². The molecule has 0 radical (unpaired) electrons. The predicted molar refractivity (Wildman–Crippen MR) is 85.4 cm³/mol. The van der Waals surface area contributed by atoms with Crippen molar-refractivity contribution in [3.8, 4) is 0 Å². The van der Waals surface area contributed by atoms with Crippen molar-refractivity contribution in [2.45, 2.75) is 59.9 Å². The van der Waals surface area contributed by atoms with Crippen molar-refractivity contribution >= 4 is 0 Å². The minimum absolute atomic E-state index is 0.252. The molecule has 2 heteroatoms. The van der Waals surface area contributed by atoms with Crippen molar-refractivity contribution in [1.82, 2.24) is 10.6 Å². The van der Waals surface area contributed by atoms with E-state index in [1.54, 1.807) is 0 Å². The molecule has 19 heavy (non-hydrogen) atoms. The molecule has 2 nitrogen and oxygen atoms in total. The first-order valence-corrected chi connectivity index (χ1v) is 8.17. The van der Waals surface area contributed by atoms with Gasteiger partial charge in [-0.05, 0) is 83.3 Å². The molecule has 1 fully saturated rings. The fourth-order valence-corrected chi connectivity index (χ4v) is 4.03. The quantitative estimate of drug-likeness (QED) is 0.770. The van der Waals surface area contributed by atoms with Gasteiger partial charge in [0.15, 0.2) is 0 Å². The molecule has 1 aliphatic rings. The average Bonchev–Trinajstić information content (AvgIpc) is 2.50. The van der Waals surface area contributed by atoms with E-state index < -0.39 is 0 Å². The normalized spacial score (nSPS) is 35.8. The highest BCUT2D eigenvalue weighted by Crippen LogP contribution is 2.48. The third-order valence-corrected chi connectivity index (χ3v) is 5.39. The molecule has 5 unspecified atom stereocenters. The molecule has 0 amide bonds. The summed E-state index contributed by atoms with van der Waals surface area (Å²) in [5, 5.41) is 6.97. The zero-order chi connectivity index (χ0) is 14.6. The molecule has 114 valence electrons. The molecule has 0 heterocycles. The first-order valence-electron chi connectivity index (χ1n) is 8.17. The van der Waals surface area contributed by atoms with Crippen LogP contribution in [0.2, 0.25) is 0 Å². The third-order valence-electron chi connectivity index (χ3n) is 5.39. The summed E-state index contributed by atoms with van der Waals surface area (Å²) in [5.41, 5.74) is 0.252. The molecule has 0 spiro atoms. The van der Waals surface area contributed by atoms with E-state index in [0.717, 1.165) is 36.1 Å². The van der Waals surface area contributed by atoms with E-state index in [2.05, 4.69) is 59.2 Å². The summed E-state index contributed by atoms with van der Waals surface area (Å²) in [6, 6.07) is 0. The van der Waals surface area contributed by atoms with Crippen molar-refractivity contribution in [2.75, 3.05) is 20.1 Å². The second-order valence-electron chi connectivity index (χ2n) is 7.76. The maximum Gasteiger partial charge on any atom is 0.00965 e. The largest absolute Gasteiger partial charge is 0.320 e. The highest BCUT2D eigenvalue weighted by Gasteiger charge is 2.42. The lowest BCUT2D eigenvalue weighted by atomic mass is 9.85. The number of hydrogen-bond acceptors (Lipinski definition) is 2. The Morgan fingerprint density at radius 3 is 1.68 bits per heavy atom. The van der Waals surface area contributed by atoms with Crippen LogP contribution in [0.4, 0.5) is 0 Å². The monoisotopic (exact) mass is 268 g/mol. The van der Waals surface area contributed by atoms with Gasteiger partial charge in [-0.2, -0.15) is 0 Å². The molecule has 0 saturated heterocycles. The smallest absolute Gasteiger partial charge is 0.00965 e. The SMILES string of the molecule is CNCCC1C(C)C(C)C(CCNC(C)(C)C)C1C. The second kappa shape index (κ2) is 7.08. The van der Waals surface area contributed by atoms with E-state index >= 15 is 0 Å². The summed E-state index contributed by atoms with van der Waals surface area (Å²) in [6.45, 7) is 16.5. The Kier molecular flexibility index (Phi) is 6.32. The van der Waals surface area contributed by atoms with Crippen LogP contribution in [-0.4, -0.2) is 25.7 Å². The summed E-state index contributed by atoms with van der Waals surface area (Å²) in [4.78, 5) is 0. The summed E-state index contributed by atoms with van der Waals surface area (Å²) < 4.78 is 0. The second-order valence-corrected chi connectivity index (χ2v) is 7.76. The van der Waals surface area contributed by atoms with Gasteiger partial charge in [-0.3, -0.25) is 0 Å². The van der Waals surface area contributed by atoms with E-state index in [4.69, 9.17) is 0 Å². The molecule has 1 rings (SSSR count). The lowest BCUT2D eigenvalue weighted by Crippen LogP contribution is -2.37. The summed E-state index contributed by atoms with van der Waals surface area (Å²) in [7, 11) is 2.07. The van der Waals surface area contributed by atoms with Gasteiger partial charge in [0.05, 0.1) is 0 Å². The van der Waals surface area contributed by atoms with Crippen molar-refractivity contribution < 1.29 is 0 Å². The van der Waals surface area contributed by atoms with E-state index in [0.29, 0.717) is 0 Å². The minimum Gasteiger partial charge on any atom is -0.320 e. The van der Waals surface area contributed by atoms with Gasteiger partial charge in [-0.15, -0.1) is 0 Å². The zero-order valence-electron chi connectivity index (χ0n) is 14.2. The highest BCUT2D eigenvalue weighted by molar-refractivity contribution is 4.92. The van der Waals surface area contributed by atoms with Gasteiger partial charge < -0.3 is 10.6 Å². The third kappa shape index (κ3) is 4.75. The lowest BCUT2D eigenvalue weighted by molar-refractivity contribution is 0.274. The van der Waals surface area contributed by atoms with Crippen LogP contribution in [0.15, 0.2) is 0 Å². The maximum atomic E-state index is 3.65.